The fraction of sp³-hybridized carbons (Fsp3) is 0.595. The average Bonchev–Trinajstić information content (AvgIpc) is 3.40. The summed E-state index contributed by atoms with van der Waals surface area (Å²) in [5.41, 5.74) is 3.42. The monoisotopic (exact) mass is 654 g/mol. The third-order valence-corrected chi connectivity index (χ3v) is 13.3. The van der Waals surface area contributed by atoms with Crippen molar-refractivity contribution in [2.75, 3.05) is 0 Å². The molecule has 0 amide bonds. The Morgan fingerprint density at radius 3 is 1.96 bits per heavy atom. The molecule has 4 aliphatic rings. The fourth-order valence-corrected chi connectivity index (χ4v) is 11.2. The van der Waals surface area contributed by atoms with E-state index in [2.05, 4.69) is 87.5 Å². The van der Waals surface area contributed by atoms with Crippen LogP contribution in [0, 0.1) is 46.3 Å². The van der Waals surface area contributed by atoms with E-state index in [1.807, 2.05) is 0 Å². The predicted octanol–water partition coefficient (Wildman–Crippen LogP) is 8.82. The van der Waals surface area contributed by atoms with E-state index in [1.54, 1.807) is 6.92 Å². The number of esters is 3. The lowest BCUT2D eigenvalue weighted by Crippen LogP contribution is -2.63. The van der Waals surface area contributed by atoms with Crippen molar-refractivity contribution in [3.05, 3.63) is 77.9 Å². The van der Waals surface area contributed by atoms with Crippen LogP contribution in [-0.2, 0) is 28.6 Å². The molecule has 0 bridgehead atoms. The van der Waals surface area contributed by atoms with Crippen LogP contribution in [0.3, 0.4) is 0 Å². The first-order valence-electron chi connectivity index (χ1n) is 18.2. The van der Waals surface area contributed by atoms with E-state index in [9.17, 15) is 14.4 Å². The lowest BCUT2D eigenvalue weighted by Gasteiger charge is -2.64. The Morgan fingerprint density at radius 2 is 1.38 bits per heavy atom. The van der Waals surface area contributed by atoms with Gasteiger partial charge < -0.3 is 14.2 Å². The van der Waals surface area contributed by atoms with E-state index in [1.165, 1.54) is 30.5 Å². The predicted molar refractivity (Wildman–Crippen MR) is 186 cm³/mol. The lowest BCUT2D eigenvalue weighted by molar-refractivity contribution is -0.224. The number of hydrogen-bond donors (Lipinski definition) is 0. The molecule has 4 saturated carbocycles. The molecule has 0 radical (unpaired) electrons. The Bertz CT molecular complexity index is 1460. The van der Waals surface area contributed by atoms with Gasteiger partial charge in [0.25, 0.3) is 0 Å². The van der Waals surface area contributed by atoms with Crippen LogP contribution in [0.5, 0.6) is 0 Å². The maximum absolute atomic E-state index is 12.8. The standard InChI is InChI=1S/C42H54O6/c1-26(17-18-34(30-13-9-7-10-14-30)31-15-11-8-12-16-31)35-19-20-36-40-37(25-39(42(35,36)6)48-29(4)45)41(5)22-21-33(46-27(2)43)23-32(41)24-38(40)47-28(3)44/h7-16,18,26,32-33,35-40H,17,19-25H2,1-6H3/t26-,32-,33+,35+,36-,37-,38-,39-,40-,41+,42+/m1/s1. The summed E-state index contributed by atoms with van der Waals surface area (Å²) in [5, 5.41) is 0. The summed E-state index contributed by atoms with van der Waals surface area (Å²) in [6, 6.07) is 21.2. The van der Waals surface area contributed by atoms with E-state index in [0.29, 0.717) is 11.8 Å². The zero-order valence-corrected chi connectivity index (χ0v) is 29.7. The Morgan fingerprint density at radius 1 is 0.771 bits per heavy atom. The van der Waals surface area contributed by atoms with Gasteiger partial charge in [0, 0.05) is 32.1 Å². The number of fused-ring (bicyclic) bond motifs is 5. The summed E-state index contributed by atoms with van der Waals surface area (Å²) in [5.74, 6) is 0.994. The molecule has 48 heavy (non-hydrogen) atoms. The molecule has 0 unspecified atom stereocenters. The minimum absolute atomic E-state index is 0.00952. The molecule has 0 aromatic heterocycles. The Labute approximate surface area is 287 Å². The van der Waals surface area contributed by atoms with E-state index in [-0.39, 0.29) is 70.7 Å². The second-order valence-electron chi connectivity index (χ2n) is 15.8. The molecule has 2 aromatic carbocycles. The highest BCUT2D eigenvalue weighted by Crippen LogP contribution is 2.69. The van der Waals surface area contributed by atoms with Crippen LogP contribution in [0.15, 0.2) is 66.7 Å². The van der Waals surface area contributed by atoms with Crippen LogP contribution < -0.4 is 0 Å². The largest absolute Gasteiger partial charge is 0.463 e. The van der Waals surface area contributed by atoms with Gasteiger partial charge in [0.1, 0.15) is 18.3 Å². The minimum atomic E-state index is -0.240. The van der Waals surface area contributed by atoms with E-state index < -0.39 is 0 Å². The van der Waals surface area contributed by atoms with Crippen molar-refractivity contribution in [3.8, 4) is 0 Å². The maximum Gasteiger partial charge on any atom is 0.302 e. The second-order valence-corrected chi connectivity index (χ2v) is 15.8. The maximum atomic E-state index is 12.8. The van der Waals surface area contributed by atoms with Crippen molar-refractivity contribution < 1.29 is 28.6 Å². The fourth-order valence-electron chi connectivity index (χ4n) is 11.2. The van der Waals surface area contributed by atoms with Crippen molar-refractivity contribution >= 4 is 23.5 Å². The molecule has 11 atom stereocenters. The average molecular weight is 655 g/mol. The van der Waals surface area contributed by atoms with Crippen molar-refractivity contribution in [2.45, 2.75) is 111 Å². The van der Waals surface area contributed by atoms with Gasteiger partial charge in [-0.25, -0.2) is 0 Å². The summed E-state index contributed by atoms with van der Waals surface area (Å²) >= 11 is 0. The number of carbonyl (C=O) groups excluding carboxylic acids is 3. The van der Waals surface area contributed by atoms with Crippen LogP contribution in [0.4, 0.5) is 0 Å². The van der Waals surface area contributed by atoms with Gasteiger partial charge in [0.2, 0.25) is 0 Å². The summed E-state index contributed by atoms with van der Waals surface area (Å²) < 4.78 is 18.3. The number of allylic oxidation sites excluding steroid dienone is 1. The van der Waals surface area contributed by atoms with Gasteiger partial charge in [-0.1, -0.05) is 87.5 Å². The molecule has 6 nitrogen and oxygen atoms in total. The molecule has 6 rings (SSSR count). The highest BCUT2D eigenvalue weighted by Gasteiger charge is 2.67. The van der Waals surface area contributed by atoms with Crippen molar-refractivity contribution in [1.82, 2.24) is 0 Å². The van der Waals surface area contributed by atoms with Gasteiger partial charge >= 0.3 is 17.9 Å². The molecule has 0 heterocycles. The molecule has 258 valence electrons. The summed E-state index contributed by atoms with van der Waals surface area (Å²) in [4.78, 5) is 37.2. The molecular weight excluding hydrogens is 600 g/mol. The van der Waals surface area contributed by atoms with Gasteiger partial charge in [0.05, 0.1) is 0 Å². The summed E-state index contributed by atoms with van der Waals surface area (Å²) in [6.07, 6.45) is 9.06. The molecule has 0 saturated heterocycles. The molecule has 4 aliphatic carbocycles. The molecular formula is C42H54O6. The normalized spacial score (nSPS) is 36.0. The molecule has 2 aromatic rings. The highest BCUT2D eigenvalue weighted by molar-refractivity contribution is 5.79. The Hall–Kier alpha value is -3.41. The topological polar surface area (TPSA) is 78.9 Å². The van der Waals surface area contributed by atoms with Gasteiger partial charge in [-0.05, 0) is 103 Å². The van der Waals surface area contributed by atoms with Crippen LogP contribution in [0.2, 0.25) is 0 Å². The first-order valence-corrected chi connectivity index (χ1v) is 18.2. The highest BCUT2D eigenvalue weighted by atomic mass is 16.6. The van der Waals surface area contributed by atoms with E-state index in [0.717, 1.165) is 51.4 Å². The van der Waals surface area contributed by atoms with Crippen LogP contribution in [0.1, 0.15) is 104 Å². The number of benzene rings is 2. The zero-order chi connectivity index (χ0) is 34.2. The van der Waals surface area contributed by atoms with E-state index >= 15 is 0 Å². The number of rotatable bonds is 8. The van der Waals surface area contributed by atoms with Crippen molar-refractivity contribution in [2.24, 2.45) is 46.3 Å². The SMILES string of the molecule is CC(=O)O[C@H]1CC[C@@]2(C)[C@H](C1)C[C@@H](OC(C)=O)[C@H]1[C@H]2C[C@@H](OC(C)=O)[C@]2(C)[C@@H]1CC[C@H]2[C@H](C)CC=C(c1ccccc1)c1ccccc1. The lowest BCUT2D eigenvalue weighted by atomic mass is 9.43. The number of carbonyl (C=O) groups is 3. The van der Waals surface area contributed by atoms with Crippen LogP contribution in [0.25, 0.3) is 5.57 Å². The molecule has 4 fully saturated rings. The molecule has 0 N–H and O–H groups in total. The smallest absolute Gasteiger partial charge is 0.302 e. The zero-order valence-electron chi connectivity index (χ0n) is 29.7. The van der Waals surface area contributed by atoms with E-state index in [4.69, 9.17) is 14.2 Å². The summed E-state index contributed by atoms with van der Waals surface area (Å²) in [7, 11) is 0. The molecule has 0 aliphatic heterocycles. The first kappa shape index (κ1) is 34.5. The van der Waals surface area contributed by atoms with Crippen molar-refractivity contribution in [3.63, 3.8) is 0 Å². The quantitative estimate of drug-likeness (QED) is 0.209. The number of hydrogen-bond acceptors (Lipinski definition) is 6. The first-order chi connectivity index (χ1) is 22.9. The van der Waals surface area contributed by atoms with Gasteiger partial charge in [-0.2, -0.15) is 0 Å². The third kappa shape index (κ3) is 6.48. The van der Waals surface area contributed by atoms with Gasteiger partial charge in [-0.3, -0.25) is 14.4 Å². The van der Waals surface area contributed by atoms with Crippen LogP contribution in [-0.4, -0.2) is 36.2 Å². The third-order valence-electron chi connectivity index (χ3n) is 13.3. The van der Waals surface area contributed by atoms with Crippen LogP contribution >= 0.6 is 0 Å². The number of ether oxygens (including phenoxy) is 3. The Kier molecular flexibility index (Phi) is 9.93. The van der Waals surface area contributed by atoms with Gasteiger partial charge in [-0.15, -0.1) is 0 Å². The van der Waals surface area contributed by atoms with Crippen molar-refractivity contribution in [1.29, 1.82) is 0 Å². The molecule has 0 spiro atoms. The molecule has 6 heteroatoms. The Balaban J connectivity index is 1.33. The second kappa shape index (κ2) is 13.8. The summed E-state index contributed by atoms with van der Waals surface area (Å²) in [6.45, 7) is 11.7. The van der Waals surface area contributed by atoms with Gasteiger partial charge in [0.15, 0.2) is 0 Å². The minimum Gasteiger partial charge on any atom is -0.463 e.